The van der Waals surface area contributed by atoms with Crippen molar-refractivity contribution in [3.63, 3.8) is 0 Å². The van der Waals surface area contributed by atoms with Crippen molar-refractivity contribution in [2.75, 3.05) is 6.54 Å². The molecule has 1 fully saturated rings. The van der Waals surface area contributed by atoms with E-state index in [4.69, 9.17) is 5.73 Å². The number of benzene rings is 1. The van der Waals surface area contributed by atoms with Crippen LogP contribution in [0.4, 0.5) is 0 Å². The van der Waals surface area contributed by atoms with Gasteiger partial charge in [0.25, 0.3) is 0 Å². The van der Waals surface area contributed by atoms with E-state index in [0.717, 1.165) is 6.54 Å². The fraction of sp³-hybridized carbons (Fsp3) is 0.600. The van der Waals surface area contributed by atoms with E-state index in [1.807, 2.05) is 0 Å². The molecule has 0 bridgehead atoms. The van der Waals surface area contributed by atoms with Crippen molar-refractivity contribution in [1.29, 1.82) is 0 Å². The maximum absolute atomic E-state index is 6.08. The normalized spacial score (nSPS) is 19.0. The summed E-state index contributed by atoms with van der Waals surface area (Å²) in [6, 6.07) is 4.61. The Labute approximate surface area is 99.0 Å². The maximum atomic E-state index is 6.08. The predicted octanol–water partition coefficient (Wildman–Crippen LogP) is 3.38. The molecule has 1 heteroatoms. The van der Waals surface area contributed by atoms with Gasteiger partial charge in [0.2, 0.25) is 0 Å². The van der Waals surface area contributed by atoms with Gasteiger partial charge in [0.1, 0.15) is 0 Å². The van der Waals surface area contributed by atoms with Crippen LogP contribution in [-0.4, -0.2) is 6.54 Å². The van der Waals surface area contributed by atoms with Crippen molar-refractivity contribution < 1.29 is 0 Å². The van der Waals surface area contributed by atoms with Gasteiger partial charge >= 0.3 is 0 Å². The van der Waals surface area contributed by atoms with Crippen molar-refractivity contribution in [2.24, 2.45) is 5.73 Å². The zero-order valence-electron chi connectivity index (χ0n) is 10.8. The Kier molecular flexibility index (Phi) is 3.07. The standard InChI is InChI=1S/C15H23N/c1-11-8-12(2)14(13(3)9-11)15(10-16)6-4-5-7-15/h8-9H,4-7,10,16H2,1-3H3. The van der Waals surface area contributed by atoms with E-state index in [-0.39, 0.29) is 5.41 Å². The van der Waals surface area contributed by atoms with E-state index in [9.17, 15) is 0 Å². The van der Waals surface area contributed by atoms with Crippen molar-refractivity contribution in [3.8, 4) is 0 Å². The van der Waals surface area contributed by atoms with Crippen LogP contribution in [0.5, 0.6) is 0 Å². The molecule has 0 aromatic heterocycles. The van der Waals surface area contributed by atoms with Crippen LogP contribution in [0.15, 0.2) is 12.1 Å². The summed E-state index contributed by atoms with van der Waals surface area (Å²) in [6.45, 7) is 7.46. The van der Waals surface area contributed by atoms with Crippen molar-refractivity contribution in [3.05, 3.63) is 34.4 Å². The van der Waals surface area contributed by atoms with Gasteiger partial charge in [-0.25, -0.2) is 0 Å². The van der Waals surface area contributed by atoms with Crippen molar-refractivity contribution >= 4 is 0 Å². The van der Waals surface area contributed by atoms with Gasteiger partial charge in [0.05, 0.1) is 0 Å². The number of aryl methyl sites for hydroxylation is 3. The molecule has 2 rings (SSSR count). The Morgan fingerprint density at radius 3 is 2.00 bits per heavy atom. The van der Waals surface area contributed by atoms with Crippen LogP contribution in [0.2, 0.25) is 0 Å². The van der Waals surface area contributed by atoms with Crippen LogP contribution < -0.4 is 5.73 Å². The van der Waals surface area contributed by atoms with Gasteiger partial charge < -0.3 is 5.73 Å². The second-order valence-corrected chi connectivity index (χ2v) is 5.47. The summed E-state index contributed by atoms with van der Waals surface area (Å²) in [5.74, 6) is 0. The first-order valence-electron chi connectivity index (χ1n) is 6.37. The summed E-state index contributed by atoms with van der Waals surface area (Å²) in [5.41, 5.74) is 12.1. The molecule has 0 heterocycles. The molecule has 1 aromatic carbocycles. The van der Waals surface area contributed by atoms with Crippen LogP contribution >= 0.6 is 0 Å². The molecule has 1 nitrogen and oxygen atoms in total. The molecule has 0 amide bonds. The highest BCUT2D eigenvalue weighted by Gasteiger charge is 2.36. The van der Waals surface area contributed by atoms with E-state index in [2.05, 4.69) is 32.9 Å². The maximum Gasteiger partial charge on any atom is 0.00808 e. The number of hydrogen-bond acceptors (Lipinski definition) is 1. The third-order valence-electron chi connectivity index (χ3n) is 4.16. The molecule has 0 unspecified atom stereocenters. The number of hydrogen-bond donors (Lipinski definition) is 1. The highest BCUT2D eigenvalue weighted by atomic mass is 14.6. The molecule has 16 heavy (non-hydrogen) atoms. The van der Waals surface area contributed by atoms with Crippen molar-refractivity contribution in [1.82, 2.24) is 0 Å². The van der Waals surface area contributed by atoms with Gasteiger partial charge in [-0.3, -0.25) is 0 Å². The molecule has 1 aliphatic carbocycles. The largest absolute Gasteiger partial charge is 0.330 e. The summed E-state index contributed by atoms with van der Waals surface area (Å²) >= 11 is 0. The Bertz CT molecular complexity index is 363. The molecule has 0 atom stereocenters. The average Bonchev–Trinajstić information content (AvgIpc) is 2.66. The van der Waals surface area contributed by atoms with Gasteiger partial charge in [0, 0.05) is 12.0 Å². The van der Waals surface area contributed by atoms with Crippen LogP contribution in [0.3, 0.4) is 0 Å². The van der Waals surface area contributed by atoms with E-state index >= 15 is 0 Å². The van der Waals surface area contributed by atoms with Gasteiger partial charge in [-0.2, -0.15) is 0 Å². The van der Waals surface area contributed by atoms with E-state index < -0.39 is 0 Å². The first-order valence-corrected chi connectivity index (χ1v) is 6.37. The SMILES string of the molecule is Cc1cc(C)c(C2(CN)CCCC2)c(C)c1. The minimum Gasteiger partial charge on any atom is -0.330 e. The zero-order valence-corrected chi connectivity index (χ0v) is 10.8. The number of rotatable bonds is 2. The summed E-state index contributed by atoms with van der Waals surface area (Å²) < 4.78 is 0. The summed E-state index contributed by atoms with van der Waals surface area (Å²) in [5, 5.41) is 0. The second-order valence-electron chi connectivity index (χ2n) is 5.47. The molecule has 1 saturated carbocycles. The van der Waals surface area contributed by atoms with Gasteiger partial charge in [-0.15, -0.1) is 0 Å². The molecule has 1 aromatic rings. The highest BCUT2D eigenvalue weighted by molar-refractivity contribution is 5.43. The molecule has 88 valence electrons. The Morgan fingerprint density at radius 2 is 1.56 bits per heavy atom. The average molecular weight is 217 g/mol. The Morgan fingerprint density at radius 1 is 1.06 bits per heavy atom. The van der Waals surface area contributed by atoms with Gasteiger partial charge in [0.15, 0.2) is 0 Å². The minimum absolute atomic E-state index is 0.280. The predicted molar refractivity (Wildman–Crippen MR) is 69.9 cm³/mol. The van der Waals surface area contributed by atoms with Gasteiger partial charge in [-0.1, -0.05) is 30.5 Å². The van der Waals surface area contributed by atoms with Crippen molar-refractivity contribution in [2.45, 2.75) is 51.9 Å². The number of nitrogens with two attached hydrogens (primary N) is 1. The molecule has 0 radical (unpaired) electrons. The summed E-state index contributed by atoms with van der Waals surface area (Å²) in [7, 11) is 0. The third-order valence-corrected chi connectivity index (χ3v) is 4.16. The Hall–Kier alpha value is -0.820. The molecule has 0 aliphatic heterocycles. The lowest BCUT2D eigenvalue weighted by Crippen LogP contribution is -2.33. The molecular formula is C15H23N. The fourth-order valence-electron chi connectivity index (χ4n) is 3.62. The van der Waals surface area contributed by atoms with E-state index in [1.54, 1.807) is 0 Å². The Balaban J connectivity index is 2.54. The monoisotopic (exact) mass is 217 g/mol. The van der Waals surface area contributed by atoms with E-state index in [0.29, 0.717) is 0 Å². The van der Waals surface area contributed by atoms with Gasteiger partial charge in [-0.05, 0) is 50.3 Å². The topological polar surface area (TPSA) is 26.0 Å². The molecule has 0 spiro atoms. The molecule has 1 aliphatic rings. The minimum atomic E-state index is 0.280. The lowest BCUT2D eigenvalue weighted by Gasteiger charge is -2.31. The zero-order chi connectivity index (χ0) is 11.8. The molecule has 2 N–H and O–H groups in total. The highest BCUT2D eigenvalue weighted by Crippen LogP contribution is 2.43. The first-order chi connectivity index (χ1) is 7.59. The van der Waals surface area contributed by atoms with Crippen LogP contribution in [0.1, 0.15) is 47.9 Å². The van der Waals surface area contributed by atoms with Crippen LogP contribution in [0.25, 0.3) is 0 Å². The lowest BCUT2D eigenvalue weighted by atomic mass is 9.74. The third kappa shape index (κ3) is 1.78. The summed E-state index contributed by atoms with van der Waals surface area (Å²) in [6.07, 6.45) is 5.22. The summed E-state index contributed by atoms with van der Waals surface area (Å²) in [4.78, 5) is 0. The smallest absolute Gasteiger partial charge is 0.00808 e. The quantitative estimate of drug-likeness (QED) is 0.807. The lowest BCUT2D eigenvalue weighted by molar-refractivity contribution is 0.448. The fourth-order valence-corrected chi connectivity index (χ4v) is 3.62. The van der Waals surface area contributed by atoms with Crippen LogP contribution in [-0.2, 0) is 5.41 Å². The first kappa shape index (κ1) is 11.7. The van der Waals surface area contributed by atoms with E-state index in [1.165, 1.54) is 47.9 Å². The molecular weight excluding hydrogens is 194 g/mol. The van der Waals surface area contributed by atoms with Crippen LogP contribution in [0, 0.1) is 20.8 Å². The second kappa shape index (κ2) is 4.21. The molecule has 0 saturated heterocycles.